The number of benzene rings is 1. The minimum atomic E-state index is -0.480. The second-order valence-electron chi connectivity index (χ2n) is 4.90. The van der Waals surface area contributed by atoms with E-state index in [9.17, 15) is 9.90 Å². The molecule has 1 aliphatic rings. The maximum absolute atomic E-state index is 12.5. The molecule has 0 aliphatic carbocycles. The number of piperidine rings is 1. The van der Waals surface area contributed by atoms with Gasteiger partial charge in [-0.15, -0.1) is 0 Å². The number of carbonyl (C=O) groups excluding carboxylic acids is 1. The molecular formula is C14H18ClNO3. The maximum atomic E-state index is 12.5. The number of carbonyl (C=O) groups is 1. The predicted molar refractivity (Wildman–Crippen MR) is 73.7 cm³/mol. The highest BCUT2D eigenvalue weighted by Crippen LogP contribution is 2.29. The summed E-state index contributed by atoms with van der Waals surface area (Å²) in [6.45, 7) is 2.96. The lowest BCUT2D eigenvalue weighted by molar-refractivity contribution is 0.0247. The van der Waals surface area contributed by atoms with Crippen molar-refractivity contribution in [1.82, 2.24) is 4.90 Å². The van der Waals surface area contributed by atoms with Crippen molar-refractivity contribution in [3.8, 4) is 5.75 Å². The third-order valence-corrected chi connectivity index (χ3v) is 3.93. The van der Waals surface area contributed by atoms with Gasteiger partial charge in [0.1, 0.15) is 11.3 Å². The van der Waals surface area contributed by atoms with Gasteiger partial charge in [-0.05, 0) is 24.5 Å². The third kappa shape index (κ3) is 2.85. The summed E-state index contributed by atoms with van der Waals surface area (Å²) in [5.41, 5.74) is 0.369. The zero-order valence-corrected chi connectivity index (χ0v) is 11.9. The Morgan fingerprint density at radius 3 is 2.89 bits per heavy atom. The molecule has 104 valence electrons. The van der Waals surface area contributed by atoms with E-state index in [-0.39, 0.29) is 11.8 Å². The summed E-state index contributed by atoms with van der Waals surface area (Å²) < 4.78 is 5.19. The van der Waals surface area contributed by atoms with E-state index in [1.807, 2.05) is 6.92 Å². The largest absolute Gasteiger partial charge is 0.496 e. The zero-order valence-electron chi connectivity index (χ0n) is 11.1. The number of rotatable bonds is 2. The Hall–Kier alpha value is -1.26. The van der Waals surface area contributed by atoms with Crippen LogP contribution in [0.3, 0.4) is 0 Å². The average Bonchev–Trinajstić information content (AvgIpc) is 2.40. The number of aliphatic hydroxyl groups excluding tert-OH is 1. The Bertz CT molecular complexity index is 478. The van der Waals surface area contributed by atoms with E-state index >= 15 is 0 Å². The van der Waals surface area contributed by atoms with E-state index in [0.29, 0.717) is 29.4 Å². The molecule has 1 fully saturated rings. The van der Waals surface area contributed by atoms with Crippen LogP contribution in [0.4, 0.5) is 0 Å². The number of hydrogen-bond acceptors (Lipinski definition) is 3. The van der Waals surface area contributed by atoms with Crippen LogP contribution < -0.4 is 4.74 Å². The van der Waals surface area contributed by atoms with Gasteiger partial charge in [0.15, 0.2) is 0 Å². The minimum Gasteiger partial charge on any atom is -0.496 e. The van der Waals surface area contributed by atoms with Crippen LogP contribution in [-0.2, 0) is 0 Å². The Kier molecular flexibility index (Phi) is 4.32. The molecule has 1 N–H and O–H groups in total. The van der Waals surface area contributed by atoms with Gasteiger partial charge in [-0.1, -0.05) is 24.6 Å². The van der Waals surface area contributed by atoms with Crippen molar-refractivity contribution in [2.24, 2.45) is 5.92 Å². The lowest BCUT2D eigenvalue weighted by Gasteiger charge is -2.34. The summed E-state index contributed by atoms with van der Waals surface area (Å²) in [6, 6.07) is 5.12. The van der Waals surface area contributed by atoms with Crippen LogP contribution in [0.2, 0.25) is 5.02 Å². The van der Waals surface area contributed by atoms with Gasteiger partial charge < -0.3 is 14.7 Å². The molecule has 1 amide bonds. The fraction of sp³-hybridized carbons (Fsp3) is 0.500. The van der Waals surface area contributed by atoms with E-state index in [4.69, 9.17) is 16.3 Å². The Balaban J connectivity index is 2.25. The number of likely N-dealkylation sites (tertiary alicyclic amines) is 1. The number of hydrogen-bond donors (Lipinski definition) is 1. The zero-order chi connectivity index (χ0) is 14.0. The van der Waals surface area contributed by atoms with Crippen molar-refractivity contribution in [1.29, 1.82) is 0 Å². The summed E-state index contributed by atoms with van der Waals surface area (Å²) in [6.07, 6.45) is 0.311. The number of halogens is 1. The molecule has 1 aromatic carbocycles. The van der Waals surface area contributed by atoms with Gasteiger partial charge in [-0.2, -0.15) is 0 Å². The molecule has 0 saturated carbocycles. The molecule has 1 heterocycles. The fourth-order valence-electron chi connectivity index (χ4n) is 2.27. The number of ether oxygens (including phenoxy) is 1. The van der Waals surface area contributed by atoms with Crippen molar-refractivity contribution < 1.29 is 14.6 Å². The number of nitrogens with zero attached hydrogens (tertiary/aromatic N) is 1. The summed E-state index contributed by atoms with van der Waals surface area (Å²) in [4.78, 5) is 14.1. The lowest BCUT2D eigenvalue weighted by Crippen LogP contribution is -2.46. The molecule has 0 radical (unpaired) electrons. The molecule has 1 aliphatic heterocycles. The van der Waals surface area contributed by atoms with Gasteiger partial charge in [0, 0.05) is 13.1 Å². The summed E-state index contributed by atoms with van der Waals surface area (Å²) in [7, 11) is 1.51. The monoisotopic (exact) mass is 283 g/mol. The van der Waals surface area contributed by atoms with Crippen LogP contribution in [0.1, 0.15) is 23.7 Å². The van der Waals surface area contributed by atoms with Crippen molar-refractivity contribution in [3.05, 3.63) is 28.8 Å². The number of amides is 1. The van der Waals surface area contributed by atoms with Gasteiger partial charge in [0.25, 0.3) is 5.91 Å². The van der Waals surface area contributed by atoms with Gasteiger partial charge in [-0.25, -0.2) is 0 Å². The standard InChI is InChI=1S/C14H18ClNO3/c1-9-6-7-16(8-11(9)17)14(18)13-10(15)4-3-5-12(13)19-2/h3-5,9,11,17H,6-8H2,1-2H3. The van der Waals surface area contributed by atoms with Crippen LogP contribution in [0.25, 0.3) is 0 Å². The van der Waals surface area contributed by atoms with Crippen LogP contribution in [0.5, 0.6) is 5.75 Å². The average molecular weight is 284 g/mol. The molecule has 2 rings (SSSR count). The van der Waals surface area contributed by atoms with Gasteiger partial charge >= 0.3 is 0 Å². The van der Waals surface area contributed by atoms with Crippen molar-refractivity contribution in [2.75, 3.05) is 20.2 Å². The van der Waals surface area contributed by atoms with E-state index < -0.39 is 6.10 Å². The summed E-state index contributed by atoms with van der Waals surface area (Å²) in [5.74, 6) is 0.496. The van der Waals surface area contributed by atoms with Crippen molar-refractivity contribution in [3.63, 3.8) is 0 Å². The lowest BCUT2D eigenvalue weighted by atomic mass is 9.95. The fourth-order valence-corrected chi connectivity index (χ4v) is 2.52. The molecule has 0 spiro atoms. The third-order valence-electron chi connectivity index (χ3n) is 3.62. The topological polar surface area (TPSA) is 49.8 Å². The quantitative estimate of drug-likeness (QED) is 0.905. The summed E-state index contributed by atoms with van der Waals surface area (Å²) >= 11 is 6.10. The molecule has 0 bridgehead atoms. The Morgan fingerprint density at radius 2 is 2.26 bits per heavy atom. The molecule has 5 heteroatoms. The first-order valence-corrected chi connectivity index (χ1v) is 6.72. The van der Waals surface area contributed by atoms with Crippen molar-refractivity contribution in [2.45, 2.75) is 19.4 Å². The number of β-amino-alcohol motifs (C(OH)–C–C–N with tert-alkyl or cyclic N) is 1. The molecule has 1 saturated heterocycles. The summed E-state index contributed by atoms with van der Waals surface area (Å²) in [5, 5.41) is 10.3. The molecule has 19 heavy (non-hydrogen) atoms. The van der Waals surface area contributed by atoms with Crippen LogP contribution in [0.15, 0.2) is 18.2 Å². The van der Waals surface area contributed by atoms with E-state index in [0.717, 1.165) is 6.42 Å². The Labute approximate surface area is 117 Å². The normalized spacial score (nSPS) is 23.3. The van der Waals surface area contributed by atoms with Crippen LogP contribution in [-0.4, -0.2) is 42.2 Å². The molecule has 2 atom stereocenters. The first kappa shape index (κ1) is 14.2. The molecular weight excluding hydrogens is 266 g/mol. The molecule has 4 nitrogen and oxygen atoms in total. The smallest absolute Gasteiger partial charge is 0.259 e. The predicted octanol–water partition coefficient (Wildman–Crippen LogP) is 2.19. The van der Waals surface area contributed by atoms with Crippen LogP contribution in [0, 0.1) is 5.92 Å². The second kappa shape index (κ2) is 5.80. The molecule has 0 aromatic heterocycles. The Morgan fingerprint density at radius 1 is 1.53 bits per heavy atom. The van der Waals surface area contributed by atoms with Gasteiger partial charge in [-0.3, -0.25) is 4.79 Å². The van der Waals surface area contributed by atoms with E-state index in [1.165, 1.54) is 7.11 Å². The maximum Gasteiger partial charge on any atom is 0.259 e. The van der Waals surface area contributed by atoms with Crippen LogP contribution >= 0.6 is 11.6 Å². The first-order valence-electron chi connectivity index (χ1n) is 6.34. The first-order chi connectivity index (χ1) is 9.04. The van der Waals surface area contributed by atoms with Gasteiger partial charge in [0.2, 0.25) is 0 Å². The minimum absolute atomic E-state index is 0.187. The number of methoxy groups -OCH3 is 1. The number of aliphatic hydroxyl groups is 1. The highest BCUT2D eigenvalue weighted by molar-refractivity contribution is 6.34. The van der Waals surface area contributed by atoms with Gasteiger partial charge in [0.05, 0.1) is 18.2 Å². The second-order valence-corrected chi connectivity index (χ2v) is 5.31. The van der Waals surface area contributed by atoms with E-state index in [2.05, 4.69) is 0 Å². The van der Waals surface area contributed by atoms with E-state index in [1.54, 1.807) is 23.1 Å². The highest BCUT2D eigenvalue weighted by Gasteiger charge is 2.30. The molecule has 2 unspecified atom stereocenters. The highest BCUT2D eigenvalue weighted by atomic mass is 35.5. The molecule has 1 aromatic rings. The SMILES string of the molecule is COc1cccc(Cl)c1C(=O)N1CCC(C)C(O)C1. The van der Waals surface area contributed by atoms with Crippen molar-refractivity contribution >= 4 is 17.5 Å².